The van der Waals surface area contributed by atoms with Crippen molar-refractivity contribution in [2.24, 2.45) is 0 Å². The molecule has 2 rings (SSSR count). The predicted molar refractivity (Wildman–Crippen MR) is 88.5 cm³/mol. The summed E-state index contributed by atoms with van der Waals surface area (Å²) in [5.74, 6) is -1.38. The second-order valence-corrected chi connectivity index (χ2v) is 5.31. The number of ether oxygens (including phenoxy) is 1. The second kappa shape index (κ2) is 7.76. The minimum Gasteiger partial charge on any atom is -0.452 e. The van der Waals surface area contributed by atoms with E-state index in [-0.39, 0.29) is 21.3 Å². The van der Waals surface area contributed by atoms with Crippen molar-refractivity contribution in [2.75, 3.05) is 11.9 Å². The van der Waals surface area contributed by atoms with Gasteiger partial charge in [-0.15, -0.1) is 0 Å². The summed E-state index contributed by atoms with van der Waals surface area (Å²) in [4.78, 5) is 33.5. The van der Waals surface area contributed by atoms with Crippen LogP contribution in [0.5, 0.6) is 0 Å². The monoisotopic (exact) mass is 368 g/mol. The molecule has 0 saturated carbocycles. The van der Waals surface area contributed by atoms with Crippen molar-refractivity contribution in [2.45, 2.75) is 0 Å². The smallest absolute Gasteiger partial charge is 0.338 e. The normalized spacial score (nSPS) is 10.1. The molecular weight excluding hydrogens is 359 g/mol. The molecule has 0 heterocycles. The quantitative estimate of drug-likeness (QED) is 0.492. The van der Waals surface area contributed by atoms with Gasteiger partial charge in [-0.05, 0) is 24.3 Å². The summed E-state index contributed by atoms with van der Waals surface area (Å²) < 4.78 is 4.84. The van der Waals surface area contributed by atoms with E-state index in [1.54, 1.807) is 18.2 Å². The van der Waals surface area contributed by atoms with Crippen LogP contribution in [0.3, 0.4) is 0 Å². The van der Waals surface area contributed by atoms with Crippen molar-refractivity contribution < 1.29 is 19.2 Å². The van der Waals surface area contributed by atoms with E-state index in [1.165, 1.54) is 24.3 Å². The van der Waals surface area contributed by atoms with Gasteiger partial charge in [0.1, 0.15) is 0 Å². The summed E-state index contributed by atoms with van der Waals surface area (Å²) in [5.41, 5.74) is 0.231. The number of carbonyl (C=O) groups is 2. The summed E-state index contributed by atoms with van der Waals surface area (Å²) in [6, 6.07) is 9.54. The van der Waals surface area contributed by atoms with Gasteiger partial charge in [-0.25, -0.2) is 4.79 Å². The number of non-ortho nitro benzene ring substituents is 1. The molecule has 0 spiro atoms. The fourth-order valence-electron chi connectivity index (χ4n) is 1.72. The minimum absolute atomic E-state index is 0.0918. The molecule has 7 nitrogen and oxygen atoms in total. The average Bonchev–Trinajstić information content (AvgIpc) is 2.57. The van der Waals surface area contributed by atoms with Crippen LogP contribution >= 0.6 is 23.2 Å². The van der Waals surface area contributed by atoms with Crippen LogP contribution in [0.1, 0.15) is 10.4 Å². The Morgan fingerprint density at radius 3 is 2.42 bits per heavy atom. The molecule has 0 unspecified atom stereocenters. The summed E-state index contributed by atoms with van der Waals surface area (Å²) in [5, 5.41) is 13.4. The largest absolute Gasteiger partial charge is 0.452 e. The van der Waals surface area contributed by atoms with E-state index in [2.05, 4.69) is 5.32 Å². The first-order chi connectivity index (χ1) is 11.4. The van der Waals surface area contributed by atoms with Crippen molar-refractivity contribution >= 4 is 46.5 Å². The fraction of sp³-hybridized carbons (Fsp3) is 0.0667. The van der Waals surface area contributed by atoms with E-state index in [0.29, 0.717) is 5.69 Å². The third kappa shape index (κ3) is 4.43. The first-order valence-electron chi connectivity index (χ1n) is 6.54. The molecule has 0 radical (unpaired) electrons. The lowest BCUT2D eigenvalue weighted by molar-refractivity contribution is -0.384. The summed E-state index contributed by atoms with van der Waals surface area (Å²) in [6.45, 7) is -0.543. The van der Waals surface area contributed by atoms with Crippen molar-refractivity contribution in [3.63, 3.8) is 0 Å². The Kier molecular flexibility index (Phi) is 5.73. The Labute approximate surface area is 146 Å². The number of hydrogen-bond acceptors (Lipinski definition) is 5. The Hall–Kier alpha value is -2.64. The van der Waals surface area contributed by atoms with Crippen LogP contribution < -0.4 is 5.32 Å². The van der Waals surface area contributed by atoms with Gasteiger partial charge < -0.3 is 10.1 Å². The number of nitro groups is 1. The highest BCUT2D eigenvalue weighted by Crippen LogP contribution is 2.29. The minimum atomic E-state index is -0.780. The third-order valence-electron chi connectivity index (χ3n) is 2.87. The number of benzene rings is 2. The SMILES string of the molecule is O=C(COC(=O)c1ccc([N+](=O)[O-])cc1)Nc1cccc(Cl)c1Cl. The molecule has 1 N–H and O–H groups in total. The lowest BCUT2D eigenvalue weighted by Gasteiger charge is -2.08. The molecule has 0 aromatic heterocycles. The predicted octanol–water partition coefficient (Wildman–Crippen LogP) is 3.70. The first-order valence-corrected chi connectivity index (χ1v) is 7.29. The molecule has 1 amide bonds. The van der Waals surface area contributed by atoms with Gasteiger partial charge in [0.2, 0.25) is 0 Å². The number of nitrogens with zero attached hydrogens (tertiary/aromatic N) is 1. The molecule has 0 aliphatic rings. The van der Waals surface area contributed by atoms with E-state index in [4.69, 9.17) is 27.9 Å². The van der Waals surface area contributed by atoms with E-state index >= 15 is 0 Å². The molecule has 24 heavy (non-hydrogen) atoms. The van der Waals surface area contributed by atoms with Gasteiger partial charge in [-0.1, -0.05) is 29.3 Å². The summed E-state index contributed by atoms with van der Waals surface area (Å²) in [6.07, 6.45) is 0. The number of nitro benzene ring substituents is 1. The lowest BCUT2D eigenvalue weighted by atomic mass is 10.2. The molecule has 9 heteroatoms. The van der Waals surface area contributed by atoms with E-state index in [0.717, 1.165) is 0 Å². The fourth-order valence-corrected chi connectivity index (χ4v) is 2.07. The first kappa shape index (κ1) is 17.7. The second-order valence-electron chi connectivity index (χ2n) is 4.53. The van der Waals surface area contributed by atoms with Crippen molar-refractivity contribution in [1.29, 1.82) is 0 Å². The Morgan fingerprint density at radius 2 is 1.79 bits per heavy atom. The highest BCUT2D eigenvalue weighted by Gasteiger charge is 2.13. The maximum absolute atomic E-state index is 11.8. The Bertz CT molecular complexity index is 793. The van der Waals surface area contributed by atoms with Crippen LogP contribution in [-0.4, -0.2) is 23.4 Å². The number of carbonyl (C=O) groups excluding carboxylic acids is 2. The van der Waals surface area contributed by atoms with Crippen LogP contribution in [-0.2, 0) is 9.53 Å². The van der Waals surface area contributed by atoms with Crippen LogP contribution in [0.2, 0.25) is 10.0 Å². The third-order valence-corrected chi connectivity index (χ3v) is 3.69. The van der Waals surface area contributed by atoms with Crippen LogP contribution in [0, 0.1) is 10.1 Å². The van der Waals surface area contributed by atoms with Crippen molar-refractivity contribution in [3.8, 4) is 0 Å². The molecular formula is C15H10Cl2N2O5. The Morgan fingerprint density at radius 1 is 1.12 bits per heavy atom. The zero-order valence-electron chi connectivity index (χ0n) is 12.0. The molecule has 0 aliphatic carbocycles. The number of anilines is 1. The van der Waals surface area contributed by atoms with Gasteiger partial charge in [0.05, 0.1) is 26.2 Å². The van der Waals surface area contributed by atoms with Gasteiger partial charge >= 0.3 is 5.97 Å². The molecule has 2 aromatic carbocycles. The molecule has 0 atom stereocenters. The zero-order chi connectivity index (χ0) is 17.7. The number of halogens is 2. The topological polar surface area (TPSA) is 98.5 Å². The molecule has 0 fully saturated rings. The number of nitrogens with one attached hydrogen (secondary N) is 1. The van der Waals surface area contributed by atoms with Crippen molar-refractivity contribution in [3.05, 3.63) is 68.2 Å². The molecule has 2 aromatic rings. The number of esters is 1. The van der Waals surface area contributed by atoms with Gasteiger partial charge in [0, 0.05) is 12.1 Å². The van der Waals surface area contributed by atoms with E-state index in [9.17, 15) is 19.7 Å². The van der Waals surface area contributed by atoms with Gasteiger partial charge in [-0.3, -0.25) is 14.9 Å². The molecule has 0 saturated heterocycles. The number of amides is 1. The molecule has 0 aliphatic heterocycles. The standard InChI is InChI=1S/C15H10Cl2N2O5/c16-11-2-1-3-12(14(11)17)18-13(20)8-24-15(21)9-4-6-10(7-5-9)19(22)23/h1-7H,8H2,(H,18,20). The number of rotatable bonds is 5. The summed E-state index contributed by atoms with van der Waals surface area (Å²) in [7, 11) is 0. The van der Waals surface area contributed by atoms with Crippen molar-refractivity contribution in [1.82, 2.24) is 0 Å². The van der Waals surface area contributed by atoms with Crippen LogP contribution in [0.25, 0.3) is 0 Å². The lowest BCUT2D eigenvalue weighted by Crippen LogP contribution is -2.21. The van der Waals surface area contributed by atoms with Crippen LogP contribution in [0.4, 0.5) is 11.4 Å². The summed E-state index contributed by atoms with van der Waals surface area (Å²) >= 11 is 11.8. The van der Waals surface area contributed by atoms with E-state index in [1.807, 2.05) is 0 Å². The van der Waals surface area contributed by atoms with Gasteiger partial charge in [0.25, 0.3) is 11.6 Å². The average molecular weight is 369 g/mol. The van der Waals surface area contributed by atoms with Gasteiger partial charge in [-0.2, -0.15) is 0 Å². The maximum atomic E-state index is 11.8. The highest BCUT2D eigenvalue weighted by molar-refractivity contribution is 6.44. The van der Waals surface area contributed by atoms with Crippen LogP contribution in [0.15, 0.2) is 42.5 Å². The molecule has 0 bridgehead atoms. The van der Waals surface area contributed by atoms with E-state index < -0.39 is 23.4 Å². The molecule has 124 valence electrons. The Balaban J connectivity index is 1.92. The maximum Gasteiger partial charge on any atom is 0.338 e. The highest BCUT2D eigenvalue weighted by atomic mass is 35.5. The van der Waals surface area contributed by atoms with Gasteiger partial charge in [0.15, 0.2) is 6.61 Å². The number of hydrogen-bond donors (Lipinski definition) is 1. The zero-order valence-corrected chi connectivity index (χ0v) is 13.5.